The number of ether oxygens (including phenoxy) is 2. The highest BCUT2D eigenvalue weighted by Gasteiger charge is 2.34. The van der Waals surface area contributed by atoms with Crippen molar-refractivity contribution in [2.75, 3.05) is 14.2 Å². The number of rotatable bonds is 4. The lowest BCUT2D eigenvalue weighted by atomic mass is 10.00. The molecule has 0 N–H and O–H groups in total. The minimum absolute atomic E-state index is 0.134. The lowest BCUT2D eigenvalue weighted by Crippen LogP contribution is -2.08. The van der Waals surface area contributed by atoms with Gasteiger partial charge in [0.05, 0.1) is 48.1 Å². The van der Waals surface area contributed by atoms with Crippen LogP contribution in [-0.4, -0.2) is 25.0 Å². The van der Waals surface area contributed by atoms with Crippen molar-refractivity contribution in [3.8, 4) is 23.3 Å². The molecule has 170 valence electrons. The first kappa shape index (κ1) is 21.7. The highest BCUT2D eigenvalue weighted by Crippen LogP contribution is 2.41. The Balaban J connectivity index is 1.82. The van der Waals surface area contributed by atoms with Crippen LogP contribution in [0.2, 0.25) is 0 Å². The van der Waals surface area contributed by atoms with Crippen molar-refractivity contribution in [1.82, 2.24) is 4.57 Å². The molecular weight excluding hydrogens is 441 g/mol. The van der Waals surface area contributed by atoms with Gasteiger partial charge in [0.25, 0.3) is 0 Å². The van der Waals surface area contributed by atoms with E-state index < -0.39 is 11.7 Å². The van der Waals surface area contributed by atoms with Crippen molar-refractivity contribution in [2.24, 2.45) is 0 Å². The Morgan fingerprint density at radius 2 is 1.50 bits per heavy atom. The van der Waals surface area contributed by atoms with Crippen LogP contribution in [-0.2, 0) is 0 Å². The molecule has 0 radical (unpaired) electrons. The molecule has 34 heavy (non-hydrogen) atoms. The summed E-state index contributed by atoms with van der Waals surface area (Å²) < 4.78 is 52.9. The number of fused-ring (bicyclic) bond motifs is 3. The van der Waals surface area contributed by atoms with Crippen LogP contribution < -0.4 is 9.47 Å². The van der Waals surface area contributed by atoms with Gasteiger partial charge in [-0.05, 0) is 72.7 Å². The average molecular weight is 460 g/mol. The van der Waals surface area contributed by atoms with E-state index in [2.05, 4.69) is 6.07 Å². The van der Waals surface area contributed by atoms with E-state index in [1.807, 2.05) is 41.0 Å². The number of nitrogens with zero attached hydrogens (tertiary/aromatic N) is 2. The van der Waals surface area contributed by atoms with Crippen LogP contribution in [0.15, 0.2) is 72.3 Å². The molecular formula is C27H19F3N2O2. The van der Waals surface area contributed by atoms with Gasteiger partial charge in [-0.2, -0.15) is 18.4 Å². The number of methoxy groups -OCH3 is 2. The van der Waals surface area contributed by atoms with Gasteiger partial charge in [0.1, 0.15) is 11.5 Å². The number of hydrogen-bond donors (Lipinski definition) is 0. The summed E-state index contributed by atoms with van der Waals surface area (Å²) in [6.07, 6.45) is -1.94. The second-order valence-corrected chi connectivity index (χ2v) is 7.98. The minimum atomic E-state index is -4.42. The zero-order valence-corrected chi connectivity index (χ0v) is 18.4. The number of benzene rings is 3. The fourth-order valence-corrected chi connectivity index (χ4v) is 4.46. The van der Waals surface area contributed by atoms with Gasteiger partial charge in [-0.1, -0.05) is 6.08 Å². The van der Waals surface area contributed by atoms with Gasteiger partial charge in [-0.25, -0.2) is 0 Å². The van der Waals surface area contributed by atoms with Gasteiger partial charge in [0, 0.05) is 16.3 Å². The molecule has 1 aliphatic rings. The molecule has 3 aromatic carbocycles. The maximum absolute atomic E-state index is 13.3. The zero-order valence-electron chi connectivity index (χ0n) is 18.4. The fourth-order valence-electron chi connectivity index (χ4n) is 4.46. The standard InChI is InChI=1S/C27H19F3N2O2/c1-33-19-6-9-25-22(13-19)23-14-20(34-2)7-10-26(23)32(25)24-8-3-16(15-31)11-21(24)17-4-5-18(12-17)27(28,29)30/h3,5-14H,4H2,1-2H3. The monoisotopic (exact) mass is 460 g/mol. The predicted octanol–water partition coefficient (Wildman–Crippen LogP) is 6.95. The van der Waals surface area contributed by atoms with Crippen molar-refractivity contribution >= 4 is 27.4 Å². The van der Waals surface area contributed by atoms with E-state index in [9.17, 15) is 18.4 Å². The third-order valence-corrected chi connectivity index (χ3v) is 6.09. The molecule has 0 unspecified atom stereocenters. The Morgan fingerprint density at radius 1 is 0.882 bits per heavy atom. The Hall–Kier alpha value is -4.18. The van der Waals surface area contributed by atoms with Crippen molar-refractivity contribution in [2.45, 2.75) is 12.6 Å². The largest absolute Gasteiger partial charge is 0.497 e. The molecule has 0 saturated heterocycles. The first-order valence-corrected chi connectivity index (χ1v) is 10.5. The summed E-state index contributed by atoms with van der Waals surface area (Å²) in [4.78, 5) is 0. The zero-order chi connectivity index (χ0) is 24.0. The van der Waals surface area contributed by atoms with Crippen molar-refractivity contribution in [3.63, 3.8) is 0 Å². The Kier molecular flexibility index (Phi) is 5.09. The van der Waals surface area contributed by atoms with Gasteiger partial charge in [0.15, 0.2) is 0 Å². The fraction of sp³-hybridized carbons (Fsp3) is 0.148. The second-order valence-electron chi connectivity index (χ2n) is 7.98. The average Bonchev–Trinajstić information content (AvgIpc) is 3.46. The molecule has 0 spiro atoms. The second kappa shape index (κ2) is 7.99. The molecule has 0 fully saturated rings. The molecule has 7 heteroatoms. The summed E-state index contributed by atoms with van der Waals surface area (Å²) in [5.74, 6) is 1.37. The molecule has 4 aromatic rings. The smallest absolute Gasteiger partial charge is 0.416 e. The van der Waals surface area contributed by atoms with Crippen molar-refractivity contribution in [3.05, 3.63) is 83.4 Å². The Labute approximate surface area is 193 Å². The minimum Gasteiger partial charge on any atom is -0.497 e. The van der Waals surface area contributed by atoms with Crippen LogP contribution in [0.5, 0.6) is 11.5 Å². The summed E-state index contributed by atoms with van der Waals surface area (Å²) in [6.45, 7) is 0. The van der Waals surface area contributed by atoms with Crippen LogP contribution in [0.25, 0.3) is 33.1 Å². The first-order valence-electron chi connectivity index (χ1n) is 10.5. The number of nitriles is 1. The maximum atomic E-state index is 13.3. The molecule has 4 nitrogen and oxygen atoms in total. The van der Waals surface area contributed by atoms with Gasteiger partial charge < -0.3 is 14.0 Å². The summed E-state index contributed by atoms with van der Waals surface area (Å²) in [5.41, 5.74) is 3.21. The van der Waals surface area contributed by atoms with E-state index in [1.165, 1.54) is 12.2 Å². The topological polar surface area (TPSA) is 47.2 Å². The molecule has 1 heterocycles. The van der Waals surface area contributed by atoms with E-state index in [1.54, 1.807) is 32.4 Å². The van der Waals surface area contributed by atoms with E-state index in [0.717, 1.165) is 21.8 Å². The van der Waals surface area contributed by atoms with E-state index in [0.29, 0.717) is 33.9 Å². The number of alkyl halides is 3. The quantitative estimate of drug-likeness (QED) is 0.331. The highest BCUT2D eigenvalue weighted by atomic mass is 19.4. The summed E-state index contributed by atoms with van der Waals surface area (Å²) in [7, 11) is 3.19. The van der Waals surface area contributed by atoms with Gasteiger partial charge >= 0.3 is 6.18 Å². The van der Waals surface area contributed by atoms with Gasteiger partial charge in [-0.15, -0.1) is 0 Å². The summed E-state index contributed by atoms with van der Waals surface area (Å²) in [5, 5.41) is 11.3. The van der Waals surface area contributed by atoms with Crippen molar-refractivity contribution in [1.29, 1.82) is 5.26 Å². The highest BCUT2D eigenvalue weighted by molar-refractivity contribution is 6.10. The lowest BCUT2D eigenvalue weighted by Gasteiger charge is -2.15. The molecule has 5 rings (SSSR count). The SMILES string of the molecule is COc1ccc2c(c1)c1cc(OC)ccc1n2-c1ccc(C#N)cc1C1=CC(C(F)(F)F)=CC1. The molecule has 0 atom stereocenters. The molecule has 0 amide bonds. The normalized spacial score (nSPS) is 13.6. The number of halogens is 3. The van der Waals surface area contributed by atoms with Crippen LogP contribution in [0.4, 0.5) is 13.2 Å². The van der Waals surface area contributed by atoms with Crippen molar-refractivity contribution < 1.29 is 22.6 Å². The predicted molar refractivity (Wildman–Crippen MR) is 125 cm³/mol. The Bertz CT molecular complexity index is 1490. The molecule has 0 saturated carbocycles. The van der Waals surface area contributed by atoms with E-state index >= 15 is 0 Å². The summed E-state index contributed by atoms with van der Waals surface area (Å²) >= 11 is 0. The first-order chi connectivity index (χ1) is 16.3. The Morgan fingerprint density at radius 3 is 2.00 bits per heavy atom. The molecule has 1 aliphatic carbocycles. The number of allylic oxidation sites excluding steroid dienone is 4. The molecule has 0 aliphatic heterocycles. The molecule has 0 bridgehead atoms. The summed E-state index contributed by atoms with van der Waals surface area (Å²) in [6, 6.07) is 18.6. The number of aromatic nitrogens is 1. The van der Waals surface area contributed by atoms with Crippen LogP contribution in [0, 0.1) is 11.3 Å². The molecule has 1 aromatic heterocycles. The van der Waals surface area contributed by atoms with E-state index in [4.69, 9.17) is 9.47 Å². The van der Waals surface area contributed by atoms with E-state index in [-0.39, 0.29) is 6.42 Å². The van der Waals surface area contributed by atoms with Gasteiger partial charge in [0.2, 0.25) is 0 Å². The number of hydrogen-bond acceptors (Lipinski definition) is 3. The third-order valence-electron chi connectivity index (χ3n) is 6.09. The van der Waals surface area contributed by atoms with Crippen LogP contribution >= 0.6 is 0 Å². The maximum Gasteiger partial charge on any atom is 0.416 e. The van der Waals surface area contributed by atoms with Crippen LogP contribution in [0.1, 0.15) is 17.5 Å². The van der Waals surface area contributed by atoms with Crippen LogP contribution in [0.3, 0.4) is 0 Å². The third kappa shape index (κ3) is 3.48. The lowest BCUT2D eigenvalue weighted by molar-refractivity contribution is -0.0880. The van der Waals surface area contributed by atoms with Gasteiger partial charge in [-0.3, -0.25) is 0 Å².